The topological polar surface area (TPSA) is 43.2 Å². The monoisotopic (exact) mass is 320 g/mol. The van der Waals surface area contributed by atoms with Crippen LogP contribution in [0.15, 0.2) is 29.4 Å². The van der Waals surface area contributed by atoms with Gasteiger partial charge in [0.25, 0.3) is 0 Å². The summed E-state index contributed by atoms with van der Waals surface area (Å²) in [6.07, 6.45) is 2.61. The number of ether oxygens (including phenoxy) is 1. The highest BCUT2D eigenvalue weighted by atomic mass is 32.2. The Morgan fingerprint density at radius 1 is 1.36 bits per heavy atom. The van der Waals surface area contributed by atoms with Crippen LogP contribution < -0.4 is 0 Å². The molecule has 1 atom stereocenters. The van der Waals surface area contributed by atoms with E-state index in [1.165, 1.54) is 12.1 Å². The molecule has 1 unspecified atom stereocenters. The molecule has 4 rings (SSSR count). The Balaban J connectivity index is 1.56. The van der Waals surface area contributed by atoms with Crippen LogP contribution in [0.2, 0.25) is 0 Å². The van der Waals surface area contributed by atoms with E-state index in [1.54, 1.807) is 17.8 Å². The quantitative estimate of drug-likeness (QED) is 0.870. The molecule has 3 heterocycles. The highest BCUT2D eigenvalue weighted by Crippen LogP contribution is 2.29. The predicted octanol–water partition coefficient (Wildman–Crippen LogP) is 2.59. The molecule has 1 aromatic heterocycles. The summed E-state index contributed by atoms with van der Waals surface area (Å²) in [5.41, 5.74) is 0.762. The Morgan fingerprint density at radius 2 is 2.32 bits per heavy atom. The number of nitrogens with zero attached hydrogens (tertiary/aromatic N) is 4. The molecule has 2 aliphatic rings. The van der Waals surface area contributed by atoms with Gasteiger partial charge < -0.3 is 4.74 Å². The Bertz CT molecular complexity index is 671. The van der Waals surface area contributed by atoms with Crippen LogP contribution >= 0.6 is 11.8 Å². The summed E-state index contributed by atoms with van der Waals surface area (Å²) in [4.78, 5) is 2.33. The van der Waals surface area contributed by atoms with Crippen molar-refractivity contribution in [3.8, 4) is 11.4 Å². The molecule has 0 radical (unpaired) electrons. The van der Waals surface area contributed by atoms with E-state index in [2.05, 4.69) is 19.7 Å². The molecular weight excluding hydrogens is 303 g/mol. The van der Waals surface area contributed by atoms with E-state index in [1.807, 2.05) is 6.07 Å². The number of fused-ring (bicyclic) bond motifs is 1. The Labute approximate surface area is 132 Å². The number of hydrogen-bond acceptors (Lipinski definition) is 5. The SMILES string of the molecule is Fc1cccc(-c2nnc3n2CN(CC2CCCO2)CS3)c1. The third-order valence-electron chi connectivity index (χ3n) is 4.00. The first-order chi connectivity index (χ1) is 10.8. The second kappa shape index (κ2) is 5.98. The maximum atomic E-state index is 13.4. The number of rotatable bonds is 3. The van der Waals surface area contributed by atoms with Gasteiger partial charge in [0.15, 0.2) is 11.0 Å². The molecule has 1 saturated heterocycles. The molecule has 7 heteroatoms. The molecule has 1 aromatic carbocycles. The van der Waals surface area contributed by atoms with Crippen LogP contribution in [0.1, 0.15) is 12.8 Å². The number of hydrogen-bond donors (Lipinski definition) is 0. The van der Waals surface area contributed by atoms with Crippen LogP contribution in [0.3, 0.4) is 0 Å². The zero-order valence-corrected chi connectivity index (χ0v) is 12.9. The van der Waals surface area contributed by atoms with Gasteiger partial charge in [0.2, 0.25) is 0 Å². The van der Waals surface area contributed by atoms with Crippen molar-refractivity contribution in [2.24, 2.45) is 0 Å². The summed E-state index contributed by atoms with van der Waals surface area (Å²) in [5, 5.41) is 9.36. The third-order valence-corrected chi connectivity index (χ3v) is 5.06. The van der Waals surface area contributed by atoms with Gasteiger partial charge in [0.05, 0.1) is 18.6 Å². The lowest BCUT2D eigenvalue weighted by Gasteiger charge is -2.29. The minimum atomic E-state index is -0.255. The van der Waals surface area contributed by atoms with Crippen molar-refractivity contribution in [3.63, 3.8) is 0 Å². The second-order valence-electron chi connectivity index (χ2n) is 5.65. The molecule has 22 heavy (non-hydrogen) atoms. The van der Waals surface area contributed by atoms with E-state index < -0.39 is 0 Å². The van der Waals surface area contributed by atoms with Crippen LogP contribution in [0, 0.1) is 5.82 Å². The zero-order chi connectivity index (χ0) is 14.9. The summed E-state index contributed by atoms with van der Waals surface area (Å²) >= 11 is 1.67. The lowest BCUT2D eigenvalue weighted by Crippen LogP contribution is -2.36. The van der Waals surface area contributed by atoms with Gasteiger partial charge in [0.1, 0.15) is 5.82 Å². The fraction of sp³-hybridized carbons (Fsp3) is 0.467. The summed E-state index contributed by atoms with van der Waals surface area (Å²) in [5.74, 6) is 1.36. The number of halogens is 1. The van der Waals surface area contributed by atoms with Gasteiger partial charge in [-0.2, -0.15) is 0 Å². The van der Waals surface area contributed by atoms with Gasteiger partial charge in [0, 0.05) is 18.7 Å². The number of benzene rings is 1. The molecule has 0 saturated carbocycles. The van der Waals surface area contributed by atoms with E-state index in [0.29, 0.717) is 6.10 Å². The van der Waals surface area contributed by atoms with Crippen molar-refractivity contribution in [1.29, 1.82) is 0 Å². The fourth-order valence-corrected chi connectivity index (χ4v) is 3.82. The molecule has 0 spiro atoms. The average molecular weight is 320 g/mol. The van der Waals surface area contributed by atoms with E-state index in [4.69, 9.17) is 4.74 Å². The molecule has 5 nitrogen and oxygen atoms in total. The van der Waals surface area contributed by atoms with Crippen molar-refractivity contribution in [1.82, 2.24) is 19.7 Å². The van der Waals surface area contributed by atoms with Crippen molar-refractivity contribution >= 4 is 11.8 Å². The van der Waals surface area contributed by atoms with Gasteiger partial charge in [-0.25, -0.2) is 4.39 Å². The number of aromatic nitrogens is 3. The standard InChI is InChI=1S/C15H17FN4OS/c16-12-4-1-3-11(7-12)14-17-18-15-20(14)9-19(10-22-15)8-13-5-2-6-21-13/h1,3-4,7,13H,2,5-6,8-10H2. The van der Waals surface area contributed by atoms with Crippen LogP contribution in [0.4, 0.5) is 4.39 Å². The largest absolute Gasteiger partial charge is 0.377 e. The molecule has 0 aliphatic carbocycles. The molecule has 2 aromatic rings. The van der Waals surface area contributed by atoms with Crippen LogP contribution in [-0.2, 0) is 11.4 Å². The predicted molar refractivity (Wildman–Crippen MR) is 81.8 cm³/mol. The van der Waals surface area contributed by atoms with Crippen LogP contribution in [0.5, 0.6) is 0 Å². The van der Waals surface area contributed by atoms with E-state index >= 15 is 0 Å². The smallest absolute Gasteiger partial charge is 0.193 e. The molecule has 0 N–H and O–H groups in total. The summed E-state index contributed by atoms with van der Waals surface area (Å²) in [6.45, 7) is 2.52. The van der Waals surface area contributed by atoms with E-state index in [-0.39, 0.29) is 5.82 Å². The van der Waals surface area contributed by atoms with Gasteiger partial charge >= 0.3 is 0 Å². The van der Waals surface area contributed by atoms with Crippen LogP contribution in [-0.4, -0.2) is 44.8 Å². The maximum absolute atomic E-state index is 13.4. The summed E-state index contributed by atoms with van der Waals surface area (Å²) in [7, 11) is 0. The molecule has 1 fully saturated rings. The average Bonchev–Trinajstić information content (AvgIpc) is 3.16. The third kappa shape index (κ3) is 2.76. The van der Waals surface area contributed by atoms with Gasteiger partial charge in [-0.15, -0.1) is 10.2 Å². The van der Waals surface area contributed by atoms with Gasteiger partial charge in [-0.1, -0.05) is 23.9 Å². The lowest BCUT2D eigenvalue weighted by molar-refractivity contribution is 0.0677. The highest BCUT2D eigenvalue weighted by Gasteiger charge is 2.26. The molecule has 2 aliphatic heterocycles. The maximum Gasteiger partial charge on any atom is 0.193 e. The van der Waals surface area contributed by atoms with E-state index in [0.717, 1.165) is 55.1 Å². The van der Waals surface area contributed by atoms with Crippen molar-refractivity contribution in [2.75, 3.05) is 19.0 Å². The second-order valence-corrected chi connectivity index (χ2v) is 6.56. The highest BCUT2D eigenvalue weighted by molar-refractivity contribution is 7.99. The Kier molecular flexibility index (Phi) is 3.85. The van der Waals surface area contributed by atoms with Gasteiger partial charge in [-0.05, 0) is 25.0 Å². The first-order valence-corrected chi connectivity index (χ1v) is 8.44. The van der Waals surface area contributed by atoms with E-state index in [9.17, 15) is 4.39 Å². The first-order valence-electron chi connectivity index (χ1n) is 7.45. The Morgan fingerprint density at radius 3 is 3.14 bits per heavy atom. The minimum Gasteiger partial charge on any atom is -0.377 e. The van der Waals surface area contributed by atoms with Crippen molar-refractivity contribution in [3.05, 3.63) is 30.1 Å². The summed E-state index contributed by atoms with van der Waals surface area (Å²) < 4.78 is 21.2. The Hall–Kier alpha value is -1.44. The lowest BCUT2D eigenvalue weighted by atomic mass is 10.2. The van der Waals surface area contributed by atoms with Crippen molar-refractivity contribution in [2.45, 2.75) is 30.8 Å². The molecule has 116 valence electrons. The molecule has 0 amide bonds. The fourth-order valence-electron chi connectivity index (χ4n) is 2.94. The van der Waals surface area contributed by atoms with Gasteiger partial charge in [-0.3, -0.25) is 9.47 Å². The normalized spacial score (nSPS) is 22.0. The first kappa shape index (κ1) is 14.2. The molecule has 0 bridgehead atoms. The van der Waals surface area contributed by atoms with Crippen molar-refractivity contribution < 1.29 is 9.13 Å². The molecular formula is C15H17FN4OS. The zero-order valence-electron chi connectivity index (χ0n) is 12.1. The summed E-state index contributed by atoms with van der Waals surface area (Å²) in [6, 6.07) is 6.51. The minimum absolute atomic E-state index is 0.255. The number of thioether (sulfide) groups is 1. The van der Waals surface area contributed by atoms with Crippen LogP contribution in [0.25, 0.3) is 11.4 Å².